The van der Waals surface area contributed by atoms with E-state index in [-0.39, 0.29) is 5.75 Å². The number of aromatic nitrogens is 3. The standard InChI is InChI=1S/C25H21N3O4/c1-17(29)32-23-16-18(12-14-22(23)31-2)13-15-24-26-25(20-10-6-7-11-21(20)30)28(27-24)19-8-4-3-5-9-19/h3-16,30H,1-2H3/b15-13+. The molecule has 1 heterocycles. The summed E-state index contributed by atoms with van der Waals surface area (Å²) in [6.07, 6.45) is 3.56. The predicted molar refractivity (Wildman–Crippen MR) is 122 cm³/mol. The second-order valence-corrected chi connectivity index (χ2v) is 6.90. The highest BCUT2D eigenvalue weighted by Gasteiger charge is 2.15. The fourth-order valence-corrected chi connectivity index (χ4v) is 3.19. The number of phenols is 1. The molecule has 0 unspecified atom stereocenters. The number of esters is 1. The molecule has 7 heteroatoms. The molecule has 0 amide bonds. The van der Waals surface area contributed by atoms with Crippen LogP contribution in [0.2, 0.25) is 0 Å². The van der Waals surface area contributed by atoms with Crippen molar-refractivity contribution in [2.24, 2.45) is 0 Å². The molecular weight excluding hydrogens is 406 g/mol. The van der Waals surface area contributed by atoms with Crippen LogP contribution >= 0.6 is 0 Å². The number of nitrogens with zero attached hydrogens (tertiary/aromatic N) is 3. The number of hydrogen-bond donors (Lipinski definition) is 1. The van der Waals surface area contributed by atoms with E-state index in [1.54, 1.807) is 41.1 Å². The zero-order chi connectivity index (χ0) is 22.5. The molecule has 0 aliphatic rings. The highest BCUT2D eigenvalue weighted by Crippen LogP contribution is 2.30. The number of carbonyl (C=O) groups excluding carboxylic acids is 1. The van der Waals surface area contributed by atoms with E-state index in [0.717, 1.165) is 11.3 Å². The SMILES string of the molecule is COc1ccc(/C=C/c2nc(-c3ccccc3O)n(-c3ccccc3)n2)cc1OC(C)=O. The molecule has 0 atom stereocenters. The van der Waals surface area contributed by atoms with E-state index in [1.165, 1.54) is 14.0 Å². The molecule has 7 nitrogen and oxygen atoms in total. The Kier molecular flexibility index (Phi) is 5.98. The van der Waals surface area contributed by atoms with E-state index in [9.17, 15) is 9.90 Å². The van der Waals surface area contributed by atoms with Gasteiger partial charge in [0.1, 0.15) is 5.75 Å². The van der Waals surface area contributed by atoms with Crippen LogP contribution in [0, 0.1) is 0 Å². The van der Waals surface area contributed by atoms with Gasteiger partial charge in [0.2, 0.25) is 0 Å². The highest BCUT2D eigenvalue weighted by molar-refractivity contribution is 5.74. The first-order valence-corrected chi connectivity index (χ1v) is 9.90. The second-order valence-electron chi connectivity index (χ2n) is 6.90. The van der Waals surface area contributed by atoms with Crippen molar-refractivity contribution >= 4 is 18.1 Å². The minimum atomic E-state index is -0.431. The smallest absolute Gasteiger partial charge is 0.308 e. The number of rotatable bonds is 6. The van der Waals surface area contributed by atoms with Gasteiger partial charge in [0.15, 0.2) is 23.1 Å². The topological polar surface area (TPSA) is 86.5 Å². The Hall–Kier alpha value is -4.39. The van der Waals surface area contributed by atoms with Gasteiger partial charge < -0.3 is 14.6 Å². The molecule has 1 aromatic heterocycles. The van der Waals surface area contributed by atoms with Crippen molar-refractivity contribution in [2.45, 2.75) is 6.92 Å². The molecule has 4 rings (SSSR count). The normalized spacial score (nSPS) is 10.9. The number of phenolic OH excluding ortho intramolecular Hbond substituents is 1. The summed E-state index contributed by atoms with van der Waals surface area (Å²) in [6.45, 7) is 1.34. The Bertz CT molecular complexity index is 1280. The Balaban J connectivity index is 1.73. The van der Waals surface area contributed by atoms with Crippen LogP contribution in [0.4, 0.5) is 0 Å². The van der Waals surface area contributed by atoms with Crippen molar-refractivity contribution in [3.63, 3.8) is 0 Å². The monoisotopic (exact) mass is 427 g/mol. The van der Waals surface area contributed by atoms with Gasteiger partial charge in [-0.1, -0.05) is 42.5 Å². The molecule has 0 aliphatic carbocycles. The van der Waals surface area contributed by atoms with Gasteiger partial charge in [0, 0.05) is 6.92 Å². The fourth-order valence-electron chi connectivity index (χ4n) is 3.19. The first-order chi connectivity index (χ1) is 15.5. The van der Waals surface area contributed by atoms with Gasteiger partial charge in [-0.3, -0.25) is 4.79 Å². The minimum Gasteiger partial charge on any atom is -0.507 e. The van der Waals surface area contributed by atoms with Gasteiger partial charge in [0.25, 0.3) is 0 Å². The maximum absolute atomic E-state index is 11.4. The maximum Gasteiger partial charge on any atom is 0.308 e. The Morgan fingerprint density at radius 2 is 1.72 bits per heavy atom. The molecular formula is C25H21N3O4. The molecule has 1 N–H and O–H groups in total. The van der Waals surface area contributed by atoms with Crippen LogP contribution in [-0.4, -0.2) is 33.0 Å². The lowest BCUT2D eigenvalue weighted by molar-refractivity contribution is -0.132. The summed E-state index contributed by atoms with van der Waals surface area (Å²) in [7, 11) is 1.51. The quantitative estimate of drug-likeness (QED) is 0.353. The summed E-state index contributed by atoms with van der Waals surface area (Å²) in [6, 6.07) is 21.8. The van der Waals surface area contributed by atoms with Gasteiger partial charge in [-0.15, -0.1) is 5.10 Å². The van der Waals surface area contributed by atoms with Crippen molar-refractivity contribution in [2.75, 3.05) is 7.11 Å². The number of para-hydroxylation sites is 2. The average molecular weight is 427 g/mol. The fraction of sp³-hybridized carbons (Fsp3) is 0.0800. The lowest BCUT2D eigenvalue weighted by Crippen LogP contribution is -2.03. The predicted octanol–water partition coefficient (Wildman–Crippen LogP) is 4.74. The van der Waals surface area contributed by atoms with E-state index in [4.69, 9.17) is 9.47 Å². The van der Waals surface area contributed by atoms with Crippen molar-refractivity contribution in [3.8, 4) is 34.3 Å². The lowest BCUT2D eigenvalue weighted by Gasteiger charge is -2.08. The molecule has 3 aromatic carbocycles. The molecule has 0 saturated heterocycles. The van der Waals surface area contributed by atoms with E-state index >= 15 is 0 Å². The molecule has 0 saturated carbocycles. The number of ether oxygens (including phenoxy) is 2. The van der Waals surface area contributed by atoms with E-state index < -0.39 is 5.97 Å². The first-order valence-electron chi connectivity index (χ1n) is 9.90. The van der Waals surface area contributed by atoms with Crippen molar-refractivity contribution in [3.05, 3.63) is 84.2 Å². The van der Waals surface area contributed by atoms with Crippen LogP contribution in [0.15, 0.2) is 72.8 Å². The highest BCUT2D eigenvalue weighted by atomic mass is 16.6. The summed E-state index contributed by atoms with van der Waals surface area (Å²) in [5.41, 5.74) is 2.17. The zero-order valence-corrected chi connectivity index (χ0v) is 17.6. The van der Waals surface area contributed by atoms with Crippen LogP contribution < -0.4 is 9.47 Å². The van der Waals surface area contributed by atoms with Crippen molar-refractivity contribution in [1.82, 2.24) is 14.8 Å². The van der Waals surface area contributed by atoms with Gasteiger partial charge in [-0.2, -0.15) is 0 Å². The third kappa shape index (κ3) is 4.52. The number of hydrogen-bond acceptors (Lipinski definition) is 6. The summed E-state index contributed by atoms with van der Waals surface area (Å²) < 4.78 is 12.1. The van der Waals surface area contributed by atoms with Crippen LogP contribution in [0.3, 0.4) is 0 Å². The largest absolute Gasteiger partial charge is 0.507 e. The van der Waals surface area contributed by atoms with E-state index in [0.29, 0.717) is 28.7 Å². The molecule has 0 spiro atoms. The first kappa shape index (κ1) is 20.9. The van der Waals surface area contributed by atoms with Crippen LogP contribution in [0.25, 0.3) is 29.2 Å². The summed E-state index contributed by atoms with van der Waals surface area (Å²) in [5, 5.41) is 15.0. The molecule has 0 radical (unpaired) electrons. The number of benzene rings is 3. The van der Waals surface area contributed by atoms with Crippen molar-refractivity contribution < 1.29 is 19.4 Å². The van der Waals surface area contributed by atoms with Gasteiger partial charge in [-0.05, 0) is 48.0 Å². The number of aromatic hydroxyl groups is 1. The molecule has 0 bridgehead atoms. The van der Waals surface area contributed by atoms with Crippen LogP contribution in [-0.2, 0) is 4.79 Å². The third-order valence-electron chi connectivity index (χ3n) is 4.64. The van der Waals surface area contributed by atoms with Gasteiger partial charge >= 0.3 is 5.97 Å². The zero-order valence-electron chi connectivity index (χ0n) is 17.6. The van der Waals surface area contributed by atoms with E-state index in [2.05, 4.69) is 10.1 Å². The molecule has 32 heavy (non-hydrogen) atoms. The lowest BCUT2D eigenvalue weighted by atomic mass is 10.2. The minimum absolute atomic E-state index is 0.119. The van der Waals surface area contributed by atoms with Crippen LogP contribution in [0.5, 0.6) is 17.2 Å². The molecule has 0 aliphatic heterocycles. The Morgan fingerprint density at radius 3 is 2.44 bits per heavy atom. The van der Waals surface area contributed by atoms with Gasteiger partial charge in [0.05, 0.1) is 18.4 Å². The molecule has 0 fully saturated rings. The summed E-state index contributed by atoms with van der Waals surface area (Å²) >= 11 is 0. The number of carbonyl (C=O) groups is 1. The number of methoxy groups -OCH3 is 1. The summed E-state index contributed by atoms with van der Waals surface area (Å²) in [5.74, 6) is 1.46. The maximum atomic E-state index is 11.4. The Labute approximate surface area is 185 Å². The van der Waals surface area contributed by atoms with Crippen molar-refractivity contribution in [1.29, 1.82) is 0 Å². The second kappa shape index (κ2) is 9.18. The molecule has 4 aromatic rings. The van der Waals surface area contributed by atoms with Gasteiger partial charge in [-0.25, -0.2) is 9.67 Å². The summed E-state index contributed by atoms with van der Waals surface area (Å²) in [4.78, 5) is 16.0. The molecule has 160 valence electrons. The van der Waals surface area contributed by atoms with E-state index in [1.807, 2.05) is 48.5 Å². The van der Waals surface area contributed by atoms with Crippen LogP contribution in [0.1, 0.15) is 18.3 Å². The average Bonchev–Trinajstić information content (AvgIpc) is 3.22. The Morgan fingerprint density at radius 1 is 0.969 bits per heavy atom. The third-order valence-corrected chi connectivity index (χ3v) is 4.64.